The van der Waals surface area contributed by atoms with E-state index in [9.17, 15) is 4.39 Å². The Balaban J connectivity index is 2.93. The molecule has 0 spiro atoms. The molecular formula is C10H10BrF. The Kier molecular flexibility index (Phi) is 3.04. The van der Waals surface area contributed by atoms with Crippen LogP contribution in [0.15, 0.2) is 29.3 Å². The van der Waals surface area contributed by atoms with Crippen LogP contribution in [0.1, 0.15) is 11.1 Å². The predicted octanol–water partition coefficient (Wildman–Crippen LogP) is 3.59. The number of hydrogen-bond donors (Lipinski definition) is 0. The number of halogens is 2. The number of benzene rings is 1. The van der Waals surface area contributed by atoms with Crippen molar-refractivity contribution in [1.82, 2.24) is 0 Å². The van der Waals surface area contributed by atoms with Crippen LogP contribution in [0.3, 0.4) is 0 Å². The van der Waals surface area contributed by atoms with Crippen LogP contribution < -0.4 is 0 Å². The molecule has 0 aliphatic carbocycles. The molecule has 0 bridgehead atoms. The van der Waals surface area contributed by atoms with E-state index in [1.165, 1.54) is 12.1 Å². The van der Waals surface area contributed by atoms with Crippen LogP contribution in [0.5, 0.6) is 0 Å². The molecule has 12 heavy (non-hydrogen) atoms. The van der Waals surface area contributed by atoms with Gasteiger partial charge in [-0.15, -0.1) is 0 Å². The topological polar surface area (TPSA) is 0 Å². The van der Waals surface area contributed by atoms with Gasteiger partial charge in [0.25, 0.3) is 0 Å². The van der Waals surface area contributed by atoms with Gasteiger partial charge < -0.3 is 0 Å². The summed E-state index contributed by atoms with van der Waals surface area (Å²) >= 11 is 3.28. The molecule has 1 rings (SSSR count). The van der Waals surface area contributed by atoms with Gasteiger partial charge in [-0.2, -0.15) is 0 Å². The van der Waals surface area contributed by atoms with Crippen LogP contribution in [0, 0.1) is 12.7 Å². The Morgan fingerprint density at radius 2 is 2.25 bits per heavy atom. The normalized spacial score (nSPS) is 9.92. The fourth-order valence-corrected chi connectivity index (χ4v) is 1.37. The summed E-state index contributed by atoms with van der Waals surface area (Å²) in [7, 11) is 0. The lowest BCUT2D eigenvalue weighted by Gasteiger charge is -2.03. The van der Waals surface area contributed by atoms with E-state index in [0.29, 0.717) is 0 Å². The molecule has 0 nitrogen and oxygen atoms in total. The standard InChI is InChI=1S/C10H10BrF/c1-7-5-10(12)4-3-9(7)6-8(2)11/h3-5H,2,6H2,1H3. The highest BCUT2D eigenvalue weighted by atomic mass is 79.9. The van der Waals surface area contributed by atoms with Crippen LogP contribution in [-0.4, -0.2) is 0 Å². The van der Waals surface area contributed by atoms with E-state index in [4.69, 9.17) is 0 Å². The van der Waals surface area contributed by atoms with Gasteiger partial charge >= 0.3 is 0 Å². The van der Waals surface area contributed by atoms with Gasteiger partial charge in [-0.3, -0.25) is 0 Å². The number of hydrogen-bond acceptors (Lipinski definition) is 0. The quantitative estimate of drug-likeness (QED) is 0.726. The van der Waals surface area contributed by atoms with E-state index in [0.717, 1.165) is 22.0 Å². The molecule has 2 heteroatoms. The highest BCUT2D eigenvalue weighted by Gasteiger charge is 1.99. The fraction of sp³-hybridized carbons (Fsp3) is 0.200. The summed E-state index contributed by atoms with van der Waals surface area (Å²) in [5, 5.41) is 0. The largest absolute Gasteiger partial charge is 0.207 e. The zero-order valence-electron chi connectivity index (χ0n) is 6.90. The van der Waals surface area contributed by atoms with Crippen molar-refractivity contribution in [1.29, 1.82) is 0 Å². The van der Waals surface area contributed by atoms with Crippen LogP contribution in [0.2, 0.25) is 0 Å². The molecule has 0 N–H and O–H groups in total. The van der Waals surface area contributed by atoms with E-state index >= 15 is 0 Å². The molecule has 0 radical (unpaired) electrons. The Hall–Kier alpha value is -0.630. The second kappa shape index (κ2) is 3.85. The first kappa shape index (κ1) is 9.46. The van der Waals surface area contributed by atoms with E-state index in [-0.39, 0.29) is 5.82 Å². The smallest absolute Gasteiger partial charge is 0.123 e. The van der Waals surface area contributed by atoms with Crippen LogP contribution in [0.25, 0.3) is 0 Å². The Morgan fingerprint density at radius 1 is 1.58 bits per heavy atom. The van der Waals surface area contributed by atoms with Crippen LogP contribution in [0.4, 0.5) is 4.39 Å². The molecule has 0 fully saturated rings. The van der Waals surface area contributed by atoms with Gasteiger partial charge in [0.2, 0.25) is 0 Å². The molecule has 0 aliphatic heterocycles. The van der Waals surface area contributed by atoms with Crippen molar-refractivity contribution in [2.45, 2.75) is 13.3 Å². The molecule has 0 saturated carbocycles. The van der Waals surface area contributed by atoms with Crippen molar-refractivity contribution in [3.63, 3.8) is 0 Å². The maximum Gasteiger partial charge on any atom is 0.123 e. The van der Waals surface area contributed by atoms with Gasteiger partial charge in [-0.1, -0.05) is 28.6 Å². The zero-order chi connectivity index (χ0) is 9.14. The maximum atomic E-state index is 12.7. The van der Waals surface area contributed by atoms with Gasteiger partial charge in [0.1, 0.15) is 5.82 Å². The molecule has 0 heterocycles. The Morgan fingerprint density at radius 3 is 2.75 bits per heavy atom. The van der Waals surface area contributed by atoms with Crippen LogP contribution >= 0.6 is 15.9 Å². The van der Waals surface area contributed by atoms with Crippen LogP contribution in [-0.2, 0) is 6.42 Å². The summed E-state index contributed by atoms with van der Waals surface area (Å²) in [6.45, 7) is 5.63. The Bertz CT molecular complexity index is 305. The van der Waals surface area contributed by atoms with E-state index in [1.54, 1.807) is 6.07 Å². The van der Waals surface area contributed by atoms with Gasteiger partial charge in [-0.05, 0) is 34.7 Å². The SMILES string of the molecule is C=C(Br)Cc1ccc(F)cc1C. The molecule has 0 atom stereocenters. The second-order valence-electron chi connectivity index (χ2n) is 2.76. The van der Waals surface area contributed by atoms with Gasteiger partial charge in [0.05, 0.1) is 0 Å². The third-order valence-electron chi connectivity index (χ3n) is 1.69. The van der Waals surface area contributed by atoms with Gasteiger partial charge in [0, 0.05) is 6.42 Å². The third-order valence-corrected chi connectivity index (χ3v) is 1.97. The zero-order valence-corrected chi connectivity index (χ0v) is 8.49. The minimum atomic E-state index is -0.184. The number of allylic oxidation sites excluding steroid dienone is 1. The summed E-state index contributed by atoms with van der Waals surface area (Å²) in [6.07, 6.45) is 0.756. The third kappa shape index (κ3) is 2.45. The lowest BCUT2D eigenvalue weighted by molar-refractivity contribution is 0.626. The maximum absolute atomic E-state index is 12.7. The lowest BCUT2D eigenvalue weighted by Crippen LogP contribution is -1.89. The minimum absolute atomic E-state index is 0.184. The van der Waals surface area contributed by atoms with Crippen molar-refractivity contribution in [3.8, 4) is 0 Å². The lowest BCUT2D eigenvalue weighted by atomic mass is 10.1. The summed E-state index contributed by atoms with van der Waals surface area (Å²) in [5.74, 6) is -0.184. The van der Waals surface area contributed by atoms with Gasteiger partial charge in [-0.25, -0.2) is 4.39 Å². The first-order valence-electron chi connectivity index (χ1n) is 3.68. The molecule has 0 aromatic heterocycles. The van der Waals surface area contributed by atoms with Gasteiger partial charge in [0.15, 0.2) is 0 Å². The molecule has 0 amide bonds. The second-order valence-corrected chi connectivity index (χ2v) is 3.89. The molecule has 1 aromatic rings. The van der Waals surface area contributed by atoms with Crippen molar-refractivity contribution in [2.75, 3.05) is 0 Å². The average Bonchev–Trinajstić information content (AvgIpc) is 1.94. The van der Waals surface area contributed by atoms with Crippen molar-refractivity contribution >= 4 is 15.9 Å². The average molecular weight is 229 g/mol. The molecule has 0 unspecified atom stereocenters. The van der Waals surface area contributed by atoms with Crippen molar-refractivity contribution in [2.24, 2.45) is 0 Å². The van der Waals surface area contributed by atoms with E-state index in [2.05, 4.69) is 22.5 Å². The molecule has 0 saturated heterocycles. The van der Waals surface area contributed by atoms with E-state index in [1.807, 2.05) is 6.92 Å². The fourth-order valence-electron chi connectivity index (χ4n) is 1.06. The summed E-state index contributed by atoms with van der Waals surface area (Å²) in [4.78, 5) is 0. The first-order chi connectivity index (χ1) is 5.59. The molecule has 0 aliphatic rings. The number of aryl methyl sites for hydroxylation is 1. The predicted molar refractivity (Wildman–Crippen MR) is 52.9 cm³/mol. The first-order valence-corrected chi connectivity index (χ1v) is 4.47. The summed E-state index contributed by atoms with van der Waals surface area (Å²) in [6, 6.07) is 4.79. The summed E-state index contributed by atoms with van der Waals surface area (Å²) < 4.78 is 13.6. The Labute approximate surface area is 80.2 Å². The highest BCUT2D eigenvalue weighted by Crippen LogP contribution is 2.16. The van der Waals surface area contributed by atoms with Crippen molar-refractivity contribution < 1.29 is 4.39 Å². The molecular weight excluding hydrogens is 219 g/mol. The monoisotopic (exact) mass is 228 g/mol. The highest BCUT2D eigenvalue weighted by molar-refractivity contribution is 9.11. The van der Waals surface area contributed by atoms with Crippen molar-refractivity contribution in [3.05, 3.63) is 46.2 Å². The number of rotatable bonds is 2. The molecule has 64 valence electrons. The molecule has 1 aromatic carbocycles. The summed E-state index contributed by atoms with van der Waals surface area (Å²) in [5.41, 5.74) is 2.08. The minimum Gasteiger partial charge on any atom is -0.207 e. The van der Waals surface area contributed by atoms with E-state index < -0.39 is 0 Å².